The maximum Gasteiger partial charge on any atom is 0.252 e. The molecule has 1 unspecified atom stereocenters. The number of carbonyl (C=O) groups is 1. The van der Waals surface area contributed by atoms with Crippen molar-refractivity contribution in [1.82, 2.24) is 5.32 Å². The van der Waals surface area contributed by atoms with Crippen molar-refractivity contribution < 1.29 is 9.53 Å². The van der Waals surface area contributed by atoms with E-state index in [1.807, 2.05) is 24.3 Å². The van der Waals surface area contributed by atoms with Crippen molar-refractivity contribution in [3.63, 3.8) is 0 Å². The Labute approximate surface area is 137 Å². The Hall–Kier alpha value is -1.46. The molecule has 5 heteroatoms. The Morgan fingerprint density at radius 3 is 2.90 bits per heavy atom. The molecule has 1 heterocycles. The van der Waals surface area contributed by atoms with Crippen LogP contribution in [0.2, 0.25) is 0 Å². The van der Waals surface area contributed by atoms with E-state index >= 15 is 0 Å². The standard InChI is InChI=1S/C16H14BrNO2S/c17-11-5-6-13(15(21)8-11)16(19)18-9-12-7-10-3-1-2-4-14(10)20-12/h1-6,8,12,21H,7,9H2,(H,18,19). The second-order valence-electron chi connectivity index (χ2n) is 4.92. The van der Waals surface area contributed by atoms with Gasteiger partial charge in [-0.25, -0.2) is 0 Å². The number of carbonyl (C=O) groups excluding carboxylic acids is 1. The predicted octanol–water partition coefficient (Wildman–Crippen LogP) is 3.47. The van der Waals surface area contributed by atoms with Crippen molar-refractivity contribution in [2.45, 2.75) is 17.4 Å². The summed E-state index contributed by atoms with van der Waals surface area (Å²) in [5, 5.41) is 2.91. The summed E-state index contributed by atoms with van der Waals surface area (Å²) < 4.78 is 6.70. The molecule has 1 aliphatic rings. The number of thiol groups is 1. The zero-order valence-corrected chi connectivity index (χ0v) is 13.7. The SMILES string of the molecule is O=C(NCC1Cc2ccccc2O1)c1ccc(Br)cc1S. The van der Waals surface area contributed by atoms with Crippen molar-refractivity contribution >= 4 is 34.5 Å². The number of halogens is 1. The third-order valence-electron chi connectivity index (χ3n) is 3.41. The summed E-state index contributed by atoms with van der Waals surface area (Å²) in [7, 11) is 0. The monoisotopic (exact) mass is 363 g/mol. The molecule has 0 spiro atoms. The van der Waals surface area contributed by atoms with E-state index in [0.29, 0.717) is 17.0 Å². The lowest BCUT2D eigenvalue weighted by Crippen LogP contribution is -2.34. The summed E-state index contributed by atoms with van der Waals surface area (Å²) in [5.74, 6) is 0.780. The van der Waals surface area contributed by atoms with E-state index in [0.717, 1.165) is 16.6 Å². The molecule has 3 nitrogen and oxygen atoms in total. The number of benzene rings is 2. The summed E-state index contributed by atoms with van der Waals surface area (Å²) in [4.78, 5) is 12.8. The molecule has 1 N–H and O–H groups in total. The van der Waals surface area contributed by atoms with Gasteiger partial charge in [-0.3, -0.25) is 4.79 Å². The number of fused-ring (bicyclic) bond motifs is 1. The van der Waals surface area contributed by atoms with Gasteiger partial charge in [0.1, 0.15) is 11.9 Å². The Kier molecular flexibility index (Phi) is 4.22. The summed E-state index contributed by atoms with van der Waals surface area (Å²) in [6, 6.07) is 13.4. The number of hydrogen-bond acceptors (Lipinski definition) is 3. The predicted molar refractivity (Wildman–Crippen MR) is 88.3 cm³/mol. The van der Waals surface area contributed by atoms with Crippen LogP contribution in [0.25, 0.3) is 0 Å². The fourth-order valence-corrected chi connectivity index (χ4v) is 3.22. The zero-order valence-electron chi connectivity index (χ0n) is 11.2. The summed E-state index contributed by atoms with van der Waals surface area (Å²) in [6.07, 6.45) is 0.815. The fourth-order valence-electron chi connectivity index (χ4n) is 2.37. The molecule has 21 heavy (non-hydrogen) atoms. The number of rotatable bonds is 3. The number of ether oxygens (including phenoxy) is 1. The smallest absolute Gasteiger partial charge is 0.252 e. The van der Waals surface area contributed by atoms with Gasteiger partial charge in [0.15, 0.2) is 0 Å². The summed E-state index contributed by atoms with van der Waals surface area (Å²) in [6.45, 7) is 0.483. The number of nitrogens with one attached hydrogen (secondary N) is 1. The van der Waals surface area contributed by atoms with Crippen LogP contribution in [0, 0.1) is 0 Å². The van der Waals surface area contributed by atoms with Gasteiger partial charge in [-0.15, -0.1) is 12.6 Å². The van der Waals surface area contributed by atoms with Crippen LogP contribution in [0.1, 0.15) is 15.9 Å². The minimum atomic E-state index is -0.132. The summed E-state index contributed by atoms with van der Waals surface area (Å²) in [5.41, 5.74) is 1.76. The zero-order chi connectivity index (χ0) is 14.8. The molecular formula is C16H14BrNO2S. The molecule has 3 rings (SSSR count). The molecule has 0 bridgehead atoms. The maximum atomic E-state index is 12.2. The average Bonchev–Trinajstić information content (AvgIpc) is 2.87. The van der Waals surface area contributed by atoms with E-state index in [1.54, 1.807) is 12.1 Å². The molecule has 0 saturated heterocycles. The molecule has 0 aromatic heterocycles. The van der Waals surface area contributed by atoms with Crippen LogP contribution in [0.3, 0.4) is 0 Å². The Morgan fingerprint density at radius 2 is 2.14 bits per heavy atom. The molecule has 1 aliphatic heterocycles. The van der Waals surface area contributed by atoms with E-state index < -0.39 is 0 Å². The highest BCUT2D eigenvalue weighted by Gasteiger charge is 2.23. The Balaban J connectivity index is 1.60. The first-order valence-electron chi connectivity index (χ1n) is 6.65. The molecule has 1 atom stereocenters. The molecule has 0 aliphatic carbocycles. The molecule has 0 saturated carbocycles. The minimum absolute atomic E-state index is 0.00911. The number of hydrogen-bond donors (Lipinski definition) is 2. The molecule has 108 valence electrons. The van der Waals surface area contributed by atoms with Crippen LogP contribution in [0.5, 0.6) is 5.75 Å². The van der Waals surface area contributed by atoms with Gasteiger partial charge in [0.2, 0.25) is 0 Å². The van der Waals surface area contributed by atoms with Gasteiger partial charge in [-0.2, -0.15) is 0 Å². The lowest BCUT2D eigenvalue weighted by atomic mass is 10.1. The van der Waals surface area contributed by atoms with Gasteiger partial charge in [-0.1, -0.05) is 34.1 Å². The minimum Gasteiger partial charge on any atom is -0.488 e. The second kappa shape index (κ2) is 6.12. The molecule has 0 radical (unpaired) electrons. The number of para-hydroxylation sites is 1. The van der Waals surface area contributed by atoms with Crippen LogP contribution < -0.4 is 10.1 Å². The van der Waals surface area contributed by atoms with Gasteiger partial charge in [0, 0.05) is 15.8 Å². The highest BCUT2D eigenvalue weighted by Crippen LogP contribution is 2.27. The lowest BCUT2D eigenvalue weighted by molar-refractivity contribution is 0.0930. The van der Waals surface area contributed by atoms with Crippen LogP contribution in [0.15, 0.2) is 51.8 Å². The van der Waals surface area contributed by atoms with Crippen LogP contribution in [-0.2, 0) is 6.42 Å². The van der Waals surface area contributed by atoms with Gasteiger partial charge < -0.3 is 10.1 Å². The van der Waals surface area contributed by atoms with Crippen molar-refractivity contribution in [2.24, 2.45) is 0 Å². The van der Waals surface area contributed by atoms with E-state index in [4.69, 9.17) is 4.74 Å². The maximum absolute atomic E-state index is 12.2. The first-order chi connectivity index (χ1) is 10.1. The van der Waals surface area contributed by atoms with E-state index in [2.05, 4.69) is 39.9 Å². The summed E-state index contributed by atoms with van der Waals surface area (Å²) >= 11 is 7.68. The van der Waals surface area contributed by atoms with E-state index in [-0.39, 0.29) is 12.0 Å². The molecular weight excluding hydrogens is 350 g/mol. The highest BCUT2D eigenvalue weighted by molar-refractivity contribution is 9.10. The molecule has 2 aromatic rings. The van der Waals surface area contributed by atoms with Gasteiger partial charge in [-0.05, 0) is 29.8 Å². The molecule has 1 amide bonds. The van der Waals surface area contributed by atoms with Gasteiger partial charge >= 0.3 is 0 Å². The Bertz CT molecular complexity index is 665. The highest BCUT2D eigenvalue weighted by atomic mass is 79.9. The third kappa shape index (κ3) is 3.24. The lowest BCUT2D eigenvalue weighted by Gasteiger charge is -2.12. The largest absolute Gasteiger partial charge is 0.488 e. The van der Waals surface area contributed by atoms with Gasteiger partial charge in [0.05, 0.1) is 12.1 Å². The van der Waals surface area contributed by atoms with E-state index in [1.165, 1.54) is 5.56 Å². The van der Waals surface area contributed by atoms with E-state index in [9.17, 15) is 4.79 Å². The van der Waals surface area contributed by atoms with Crippen molar-refractivity contribution in [2.75, 3.05) is 6.54 Å². The molecule has 0 fully saturated rings. The average molecular weight is 364 g/mol. The number of amides is 1. The first-order valence-corrected chi connectivity index (χ1v) is 7.89. The van der Waals surface area contributed by atoms with Crippen LogP contribution in [-0.4, -0.2) is 18.6 Å². The topological polar surface area (TPSA) is 38.3 Å². The fraction of sp³-hybridized carbons (Fsp3) is 0.188. The third-order valence-corrected chi connectivity index (χ3v) is 4.27. The van der Waals surface area contributed by atoms with Crippen LogP contribution in [0.4, 0.5) is 0 Å². The normalized spacial score (nSPS) is 16.2. The van der Waals surface area contributed by atoms with Crippen molar-refractivity contribution in [3.8, 4) is 5.75 Å². The van der Waals surface area contributed by atoms with Crippen molar-refractivity contribution in [3.05, 3.63) is 58.1 Å². The van der Waals surface area contributed by atoms with Gasteiger partial charge in [0.25, 0.3) is 5.91 Å². The Morgan fingerprint density at radius 1 is 1.33 bits per heavy atom. The molecule has 2 aromatic carbocycles. The second-order valence-corrected chi connectivity index (χ2v) is 6.32. The van der Waals surface area contributed by atoms with Crippen molar-refractivity contribution in [1.29, 1.82) is 0 Å². The van der Waals surface area contributed by atoms with Crippen LogP contribution >= 0.6 is 28.6 Å². The first kappa shape index (κ1) is 14.5. The quantitative estimate of drug-likeness (QED) is 0.819.